The molecule has 1 saturated heterocycles. The number of carboxylic acid groups (broad SMARTS) is 1. The van der Waals surface area contributed by atoms with Gasteiger partial charge in [0, 0.05) is 5.92 Å². The number of amides is 2. The summed E-state index contributed by atoms with van der Waals surface area (Å²) in [4.78, 5) is 45.1. The van der Waals surface area contributed by atoms with Crippen LogP contribution in [0.5, 0.6) is 0 Å². The van der Waals surface area contributed by atoms with Crippen molar-refractivity contribution in [3.63, 3.8) is 0 Å². The van der Waals surface area contributed by atoms with Crippen LogP contribution in [0.1, 0.15) is 45.6 Å². The summed E-state index contributed by atoms with van der Waals surface area (Å²) in [5.41, 5.74) is 5.10. The first kappa shape index (κ1) is 26.9. The highest BCUT2D eigenvalue weighted by Crippen LogP contribution is 2.10. The molecule has 1 fully saturated rings. The van der Waals surface area contributed by atoms with Crippen molar-refractivity contribution in [3.05, 3.63) is 35.9 Å². The van der Waals surface area contributed by atoms with Crippen molar-refractivity contribution in [2.45, 2.75) is 58.3 Å². The SMILES string of the molecule is CC(C)(C)OC(=O)N[C@@H](CC(=O)O)C(=O)OCc1ccccc1.NC(=O)C1CCNCC1. The number of carboxylic acids is 1. The number of benzene rings is 1. The molecule has 2 rings (SSSR count). The molecule has 32 heavy (non-hydrogen) atoms. The molecule has 178 valence electrons. The fourth-order valence-corrected chi connectivity index (χ4v) is 2.75. The minimum absolute atomic E-state index is 0.00814. The van der Waals surface area contributed by atoms with Gasteiger partial charge in [0.25, 0.3) is 0 Å². The summed E-state index contributed by atoms with van der Waals surface area (Å²) in [6, 6.07) is 7.61. The Balaban J connectivity index is 0.000000471. The lowest BCUT2D eigenvalue weighted by molar-refractivity contribution is -0.151. The molecule has 10 nitrogen and oxygen atoms in total. The van der Waals surface area contributed by atoms with Crippen LogP contribution in [0.15, 0.2) is 30.3 Å². The van der Waals surface area contributed by atoms with Gasteiger partial charge in [0.05, 0.1) is 6.42 Å². The number of alkyl carbamates (subject to hydrolysis) is 1. The second kappa shape index (κ2) is 13.3. The van der Waals surface area contributed by atoms with Crippen LogP contribution in [0.3, 0.4) is 0 Å². The van der Waals surface area contributed by atoms with Crippen molar-refractivity contribution in [2.24, 2.45) is 11.7 Å². The summed E-state index contributed by atoms with van der Waals surface area (Å²) in [6.45, 7) is 6.85. The van der Waals surface area contributed by atoms with E-state index in [2.05, 4.69) is 10.6 Å². The maximum Gasteiger partial charge on any atom is 0.408 e. The lowest BCUT2D eigenvalue weighted by atomic mass is 9.98. The minimum Gasteiger partial charge on any atom is -0.481 e. The second-order valence-electron chi connectivity index (χ2n) is 8.32. The van der Waals surface area contributed by atoms with Gasteiger partial charge in [0.2, 0.25) is 5.91 Å². The van der Waals surface area contributed by atoms with E-state index < -0.39 is 36.1 Å². The summed E-state index contributed by atoms with van der Waals surface area (Å²) >= 11 is 0. The average molecular weight is 452 g/mol. The molecule has 1 aliphatic rings. The van der Waals surface area contributed by atoms with Gasteiger partial charge in [-0.25, -0.2) is 9.59 Å². The smallest absolute Gasteiger partial charge is 0.408 e. The number of ether oxygens (including phenoxy) is 2. The van der Waals surface area contributed by atoms with Crippen LogP contribution in [-0.2, 0) is 30.5 Å². The van der Waals surface area contributed by atoms with Crippen molar-refractivity contribution in [2.75, 3.05) is 13.1 Å². The molecule has 5 N–H and O–H groups in total. The molecule has 0 aromatic heterocycles. The molecule has 0 radical (unpaired) electrons. The molecule has 0 spiro atoms. The topological polar surface area (TPSA) is 157 Å². The third kappa shape index (κ3) is 11.9. The van der Waals surface area contributed by atoms with E-state index in [-0.39, 0.29) is 18.4 Å². The number of carbonyl (C=O) groups is 4. The van der Waals surface area contributed by atoms with E-state index >= 15 is 0 Å². The van der Waals surface area contributed by atoms with Crippen LogP contribution < -0.4 is 16.4 Å². The van der Waals surface area contributed by atoms with Crippen LogP contribution in [0.25, 0.3) is 0 Å². The van der Waals surface area contributed by atoms with E-state index in [9.17, 15) is 19.2 Å². The first-order valence-electron chi connectivity index (χ1n) is 10.4. The molecule has 1 aliphatic heterocycles. The highest BCUT2D eigenvalue weighted by Gasteiger charge is 2.27. The number of nitrogens with one attached hydrogen (secondary N) is 2. The molecule has 1 atom stereocenters. The Bertz CT molecular complexity index is 757. The summed E-state index contributed by atoms with van der Waals surface area (Å²) in [5, 5.41) is 14.2. The van der Waals surface area contributed by atoms with E-state index in [0.717, 1.165) is 31.5 Å². The highest BCUT2D eigenvalue weighted by atomic mass is 16.6. The number of hydrogen-bond donors (Lipinski definition) is 4. The van der Waals surface area contributed by atoms with Crippen LogP contribution in [0.2, 0.25) is 0 Å². The maximum absolute atomic E-state index is 12.0. The Morgan fingerprint density at radius 1 is 1.16 bits per heavy atom. The normalized spacial score (nSPS) is 14.8. The molecule has 1 aromatic carbocycles. The van der Waals surface area contributed by atoms with E-state index in [1.165, 1.54) is 0 Å². The van der Waals surface area contributed by atoms with Gasteiger partial charge >= 0.3 is 18.0 Å². The summed E-state index contributed by atoms with van der Waals surface area (Å²) in [5.74, 6) is -2.08. The molecule has 2 amide bonds. The van der Waals surface area contributed by atoms with Gasteiger partial charge < -0.3 is 30.9 Å². The third-order valence-electron chi connectivity index (χ3n) is 4.32. The first-order chi connectivity index (χ1) is 15.0. The molecular formula is C22H33N3O7. The predicted molar refractivity (Wildman–Crippen MR) is 116 cm³/mol. The van der Waals surface area contributed by atoms with Gasteiger partial charge in [-0.3, -0.25) is 9.59 Å². The van der Waals surface area contributed by atoms with Crippen LogP contribution >= 0.6 is 0 Å². The lowest BCUT2D eigenvalue weighted by Crippen LogP contribution is -2.45. The summed E-state index contributed by atoms with van der Waals surface area (Å²) in [6.07, 6.45) is 0.359. The predicted octanol–water partition coefficient (Wildman–Crippen LogP) is 1.57. The highest BCUT2D eigenvalue weighted by molar-refractivity contribution is 5.85. The number of esters is 1. The van der Waals surface area contributed by atoms with E-state index in [1.54, 1.807) is 45.0 Å². The van der Waals surface area contributed by atoms with Crippen LogP contribution in [-0.4, -0.2) is 53.8 Å². The van der Waals surface area contributed by atoms with Crippen molar-refractivity contribution in [1.82, 2.24) is 10.6 Å². The standard InChI is InChI=1S/C16H21NO6.C6H12N2O/c1-16(2,3)23-15(21)17-12(9-13(18)19)14(20)22-10-11-7-5-4-6-8-11;7-6(9)5-1-3-8-4-2-5/h4-8,12H,9-10H2,1-3H3,(H,17,21)(H,18,19);5,8H,1-4H2,(H2,7,9)/t12-;/m0./s1. The van der Waals surface area contributed by atoms with E-state index in [1.807, 2.05) is 6.07 Å². The van der Waals surface area contributed by atoms with E-state index in [0.29, 0.717) is 0 Å². The number of aliphatic carboxylic acids is 1. The number of hydrogen-bond acceptors (Lipinski definition) is 7. The number of primary amides is 1. The fourth-order valence-electron chi connectivity index (χ4n) is 2.75. The molecular weight excluding hydrogens is 418 g/mol. The maximum atomic E-state index is 12.0. The van der Waals surface area contributed by atoms with Gasteiger partial charge in [-0.1, -0.05) is 30.3 Å². The zero-order valence-corrected chi connectivity index (χ0v) is 18.8. The summed E-state index contributed by atoms with van der Waals surface area (Å²) in [7, 11) is 0. The number of rotatable bonds is 7. The molecule has 0 aliphatic carbocycles. The van der Waals surface area contributed by atoms with Gasteiger partial charge in [-0.05, 0) is 52.3 Å². The molecule has 0 unspecified atom stereocenters. The Morgan fingerprint density at radius 3 is 2.22 bits per heavy atom. The van der Waals surface area contributed by atoms with Gasteiger partial charge in [0.15, 0.2) is 0 Å². The van der Waals surface area contributed by atoms with Crippen molar-refractivity contribution < 1.29 is 33.8 Å². The Kier molecular flexibility index (Phi) is 11.2. The monoisotopic (exact) mass is 451 g/mol. The number of carbonyl (C=O) groups excluding carboxylic acids is 3. The largest absolute Gasteiger partial charge is 0.481 e. The van der Waals surface area contributed by atoms with Crippen molar-refractivity contribution >= 4 is 23.9 Å². The van der Waals surface area contributed by atoms with Crippen molar-refractivity contribution in [1.29, 1.82) is 0 Å². The Morgan fingerprint density at radius 2 is 1.75 bits per heavy atom. The van der Waals surface area contributed by atoms with Crippen LogP contribution in [0, 0.1) is 5.92 Å². The minimum atomic E-state index is -1.31. The van der Waals surface area contributed by atoms with Gasteiger partial charge in [-0.2, -0.15) is 0 Å². The number of piperidine rings is 1. The van der Waals surface area contributed by atoms with E-state index in [4.69, 9.17) is 20.3 Å². The quantitative estimate of drug-likeness (QED) is 0.455. The molecule has 0 saturated carbocycles. The van der Waals surface area contributed by atoms with Crippen molar-refractivity contribution in [3.8, 4) is 0 Å². The zero-order valence-electron chi connectivity index (χ0n) is 18.8. The molecule has 0 bridgehead atoms. The zero-order chi connectivity index (χ0) is 24.1. The van der Waals surface area contributed by atoms with Gasteiger partial charge in [-0.15, -0.1) is 0 Å². The average Bonchev–Trinajstić information content (AvgIpc) is 2.71. The van der Waals surface area contributed by atoms with Gasteiger partial charge in [0.1, 0.15) is 18.2 Å². The lowest BCUT2D eigenvalue weighted by Gasteiger charge is -2.22. The summed E-state index contributed by atoms with van der Waals surface area (Å²) < 4.78 is 10.1. The second-order valence-corrected chi connectivity index (χ2v) is 8.32. The Hall–Kier alpha value is -3.14. The molecule has 1 heterocycles. The third-order valence-corrected chi connectivity index (χ3v) is 4.32. The fraction of sp³-hybridized carbons (Fsp3) is 0.545. The van der Waals surface area contributed by atoms with Crippen LogP contribution in [0.4, 0.5) is 4.79 Å². The molecule has 10 heteroatoms. The Labute approximate surface area is 187 Å². The number of nitrogens with two attached hydrogens (primary N) is 1. The first-order valence-corrected chi connectivity index (χ1v) is 10.4. The molecule has 1 aromatic rings.